The fourth-order valence-corrected chi connectivity index (χ4v) is 0. The molecular weight excluding hydrogens is 234 g/mol. The van der Waals surface area contributed by atoms with Crippen molar-refractivity contribution in [3.8, 4) is 0 Å². The Kier molecular flexibility index (Phi) is 18.0. The third kappa shape index (κ3) is 26.2. The lowest BCUT2D eigenvalue weighted by atomic mass is 11.9. The van der Waals surface area contributed by atoms with Crippen molar-refractivity contribution in [1.29, 1.82) is 0 Å². The van der Waals surface area contributed by atoms with Crippen molar-refractivity contribution in [2.75, 3.05) is 11.0 Å². The van der Waals surface area contributed by atoms with E-state index in [9.17, 15) is 0 Å². The lowest BCUT2D eigenvalue weighted by Gasteiger charge is -1.82. The van der Waals surface area contributed by atoms with Gasteiger partial charge < -0.3 is 0 Å². The zero-order valence-electron chi connectivity index (χ0n) is 5.21. The Morgan fingerprint density at radius 1 is 1.44 bits per heavy atom. The monoisotopic (exact) mass is 242 g/mol. The van der Waals surface area contributed by atoms with Crippen LogP contribution >= 0.6 is 45.4 Å². The van der Waals surface area contributed by atoms with E-state index in [4.69, 9.17) is 45.4 Å². The SMILES string of the molecule is C[SiH](Cl)CCl.ClC[SiH2]Cl. The van der Waals surface area contributed by atoms with E-state index in [0.717, 1.165) is 0 Å². The summed E-state index contributed by atoms with van der Waals surface area (Å²) in [5, 5.41) is 0. The standard InChI is InChI=1S/C2H6Cl2Si.CH4Cl2Si/c1-5(4)2-3;2-1-4-3/h5H,2H2,1H3;1,4H2. The highest BCUT2D eigenvalue weighted by molar-refractivity contribution is 7.08. The summed E-state index contributed by atoms with van der Waals surface area (Å²) in [5.74, 6) is 0. The van der Waals surface area contributed by atoms with E-state index in [-0.39, 0.29) is 8.83 Å². The highest BCUT2D eigenvalue weighted by atomic mass is 35.6. The Morgan fingerprint density at radius 3 is 1.67 bits per heavy atom. The van der Waals surface area contributed by atoms with Gasteiger partial charge in [0.25, 0.3) is 0 Å². The normalized spacial score (nSPS) is 13.0. The molecule has 0 heterocycles. The van der Waals surface area contributed by atoms with Crippen LogP contribution in [-0.4, -0.2) is 27.9 Å². The first-order valence-electron chi connectivity index (χ1n) is 2.51. The van der Waals surface area contributed by atoms with Crippen molar-refractivity contribution in [3.63, 3.8) is 0 Å². The lowest BCUT2D eigenvalue weighted by molar-refractivity contribution is 2.00. The molecule has 0 saturated carbocycles. The maximum atomic E-state index is 5.47. The molecule has 6 heteroatoms. The summed E-state index contributed by atoms with van der Waals surface area (Å²) < 4.78 is 0. The molecule has 0 aromatic rings. The van der Waals surface area contributed by atoms with Crippen LogP contribution in [-0.2, 0) is 0 Å². The van der Waals surface area contributed by atoms with Crippen LogP contribution in [0.2, 0.25) is 6.55 Å². The second-order valence-electron chi connectivity index (χ2n) is 1.31. The van der Waals surface area contributed by atoms with Gasteiger partial charge in [0.1, 0.15) is 8.83 Å². The lowest BCUT2D eigenvalue weighted by Crippen LogP contribution is -1.95. The van der Waals surface area contributed by atoms with Crippen LogP contribution in [0.4, 0.5) is 0 Å². The van der Waals surface area contributed by atoms with Crippen molar-refractivity contribution < 1.29 is 0 Å². The highest BCUT2D eigenvalue weighted by Gasteiger charge is 1.89. The van der Waals surface area contributed by atoms with E-state index in [2.05, 4.69) is 0 Å². The van der Waals surface area contributed by atoms with Crippen molar-refractivity contribution in [2.45, 2.75) is 6.55 Å². The summed E-state index contributed by atoms with van der Waals surface area (Å²) in [5.41, 5.74) is 1.38. The smallest absolute Gasteiger partial charge is 0.152 e. The van der Waals surface area contributed by atoms with Crippen LogP contribution < -0.4 is 0 Å². The summed E-state index contributed by atoms with van der Waals surface area (Å²) >= 11 is 21.0. The third-order valence-electron chi connectivity index (χ3n) is 0.284. The van der Waals surface area contributed by atoms with Gasteiger partial charge in [-0.2, -0.15) is 22.2 Å². The fourth-order valence-electron chi connectivity index (χ4n) is 0. The Balaban J connectivity index is 0. The second kappa shape index (κ2) is 12.3. The molecule has 0 aromatic carbocycles. The van der Waals surface area contributed by atoms with E-state index in [0.29, 0.717) is 11.0 Å². The molecule has 0 radical (unpaired) electrons. The predicted molar refractivity (Wildman–Crippen MR) is 54.7 cm³/mol. The van der Waals surface area contributed by atoms with Crippen LogP contribution in [0.25, 0.3) is 0 Å². The molecular formula is C3H10Cl4Si2. The molecule has 0 saturated heterocycles. The van der Waals surface area contributed by atoms with Gasteiger partial charge in [-0.3, -0.25) is 0 Å². The largest absolute Gasteiger partial charge is 0.175 e. The Labute approximate surface area is 79.7 Å². The zero-order valence-corrected chi connectivity index (χ0v) is 10.8. The van der Waals surface area contributed by atoms with Crippen molar-refractivity contribution >= 4 is 62.3 Å². The predicted octanol–water partition coefficient (Wildman–Crippen LogP) is 1.86. The molecule has 0 aromatic heterocycles. The van der Waals surface area contributed by atoms with Gasteiger partial charge in [0.15, 0.2) is 8.11 Å². The van der Waals surface area contributed by atoms with E-state index >= 15 is 0 Å². The number of rotatable bonds is 2. The Hall–Kier alpha value is 1.59. The van der Waals surface area contributed by atoms with Gasteiger partial charge >= 0.3 is 0 Å². The third-order valence-corrected chi connectivity index (χ3v) is 4.89. The van der Waals surface area contributed by atoms with Gasteiger partial charge in [-0.05, 0) is 0 Å². The summed E-state index contributed by atoms with van der Waals surface area (Å²) in [6, 6.07) is 0. The average molecular weight is 244 g/mol. The molecule has 0 spiro atoms. The zero-order chi connectivity index (χ0) is 7.70. The van der Waals surface area contributed by atoms with Gasteiger partial charge in [-0.1, -0.05) is 6.55 Å². The van der Waals surface area contributed by atoms with Gasteiger partial charge in [-0.25, -0.2) is 0 Å². The van der Waals surface area contributed by atoms with E-state index in [1.54, 1.807) is 0 Å². The second-order valence-corrected chi connectivity index (χ2v) is 9.37. The van der Waals surface area contributed by atoms with Gasteiger partial charge in [0.2, 0.25) is 0 Å². The maximum Gasteiger partial charge on any atom is 0.152 e. The van der Waals surface area contributed by atoms with Crippen LogP contribution in [0.1, 0.15) is 0 Å². The van der Waals surface area contributed by atoms with Crippen LogP contribution in [0.15, 0.2) is 0 Å². The molecule has 0 N–H and O–H groups in total. The average Bonchev–Trinajstić information content (AvgIpc) is 1.89. The Morgan fingerprint density at radius 2 is 1.67 bits per heavy atom. The molecule has 58 valence electrons. The molecule has 0 rings (SSSR count). The van der Waals surface area contributed by atoms with Crippen LogP contribution in [0, 0.1) is 0 Å². The number of halogens is 4. The van der Waals surface area contributed by atoms with Crippen LogP contribution in [0.5, 0.6) is 0 Å². The first-order chi connectivity index (χ1) is 4.18. The highest BCUT2D eigenvalue weighted by Crippen LogP contribution is 1.88. The Bertz CT molecular complexity index is 40.8. The molecule has 1 unspecified atom stereocenters. The first-order valence-corrected chi connectivity index (χ1v) is 10.4. The summed E-state index contributed by atoms with van der Waals surface area (Å²) in [6.45, 7) is 1.99. The molecule has 0 aliphatic rings. The molecule has 0 aliphatic heterocycles. The summed E-state index contributed by atoms with van der Waals surface area (Å²) in [6.07, 6.45) is 0. The molecule has 0 bridgehead atoms. The van der Waals surface area contributed by atoms with E-state index in [1.165, 1.54) is 0 Å². The van der Waals surface area contributed by atoms with Gasteiger partial charge in [-0.15, -0.1) is 23.2 Å². The van der Waals surface area contributed by atoms with E-state index < -0.39 is 8.11 Å². The number of hydrogen-bond donors (Lipinski definition) is 0. The van der Waals surface area contributed by atoms with Crippen LogP contribution in [0.3, 0.4) is 0 Å². The maximum absolute atomic E-state index is 5.47. The van der Waals surface area contributed by atoms with Gasteiger partial charge in [0.05, 0.1) is 0 Å². The molecule has 0 fully saturated rings. The fraction of sp³-hybridized carbons (Fsp3) is 1.00. The van der Waals surface area contributed by atoms with Crippen molar-refractivity contribution in [1.82, 2.24) is 0 Å². The number of alkyl halides is 2. The summed E-state index contributed by atoms with van der Waals surface area (Å²) in [4.78, 5) is 0. The quantitative estimate of drug-likeness (QED) is 0.395. The molecule has 0 aliphatic carbocycles. The molecule has 1 atom stereocenters. The molecule has 0 nitrogen and oxygen atoms in total. The minimum Gasteiger partial charge on any atom is -0.175 e. The first kappa shape index (κ1) is 13.2. The van der Waals surface area contributed by atoms with E-state index in [1.807, 2.05) is 6.55 Å². The molecule has 0 amide bonds. The molecule has 9 heavy (non-hydrogen) atoms. The van der Waals surface area contributed by atoms with Gasteiger partial charge in [0, 0.05) is 11.0 Å². The minimum absolute atomic E-state index is 0.338. The van der Waals surface area contributed by atoms with Crippen molar-refractivity contribution in [3.05, 3.63) is 0 Å². The van der Waals surface area contributed by atoms with Crippen molar-refractivity contribution in [2.24, 2.45) is 0 Å². The topological polar surface area (TPSA) is 0 Å². The summed E-state index contributed by atoms with van der Waals surface area (Å²) in [7, 11) is -1.25. The number of hydrogen-bond acceptors (Lipinski definition) is 0. The minimum atomic E-state index is -0.912.